The Morgan fingerprint density at radius 2 is 2.11 bits per heavy atom. The van der Waals surface area contributed by atoms with Crippen LogP contribution in [0.25, 0.3) is 0 Å². The van der Waals surface area contributed by atoms with Gasteiger partial charge in [0.1, 0.15) is 0 Å². The van der Waals surface area contributed by atoms with Crippen LogP contribution in [0.4, 0.5) is 8.78 Å². The molecule has 0 aliphatic carbocycles. The van der Waals surface area contributed by atoms with E-state index in [4.69, 9.17) is 0 Å². The molecule has 2 aromatic heterocycles. The van der Waals surface area contributed by atoms with Crippen LogP contribution in [0.3, 0.4) is 0 Å². The van der Waals surface area contributed by atoms with Gasteiger partial charge in [0.2, 0.25) is 5.91 Å². The van der Waals surface area contributed by atoms with Gasteiger partial charge in [-0.25, -0.2) is 8.78 Å². The Morgan fingerprint density at radius 1 is 1.25 bits per heavy atom. The van der Waals surface area contributed by atoms with Crippen LogP contribution in [-0.4, -0.2) is 56.4 Å². The molecule has 0 bridgehead atoms. The predicted molar refractivity (Wildman–Crippen MR) is 99.5 cm³/mol. The number of amides is 1. The minimum absolute atomic E-state index is 0.168. The highest BCUT2D eigenvalue weighted by molar-refractivity contribution is 5.84. The Labute approximate surface area is 162 Å². The van der Waals surface area contributed by atoms with E-state index in [1.165, 1.54) is 0 Å². The Balaban J connectivity index is 1.54. The van der Waals surface area contributed by atoms with Crippen molar-refractivity contribution < 1.29 is 13.6 Å². The van der Waals surface area contributed by atoms with E-state index in [1.807, 2.05) is 25.1 Å². The number of carbonyl (C=O) groups excluding carboxylic acids is 1. The molecule has 8 heteroatoms. The number of likely N-dealkylation sites (tertiary alicyclic amines) is 2. The highest BCUT2D eigenvalue weighted by Crippen LogP contribution is 2.45. The molecule has 2 fully saturated rings. The quantitative estimate of drug-likeness (QED) is 0.873. The standard InChI is InChI=1S/C20H25F2N5O/c1-15-4-2-5-17(25-15)11-27-7-3-6-19(18(27)28)12-20(21,22)14-26(13-19)10-16-8-23-24-9-16/h2,4-5,8-9H,3,6-7,10-14H2,1H3,(H,23,24). The first kappa shape index (κ1) is 19.0. The van der Waals surface area contributed by atoms with Gasteiger partial charge in [0, 0.05) is 43.5 Å². The van der Waals surface area contributed by atoms with Crippen molar-refractivity contribution >= 4 is 5.91 Å². The molecule has 0 radical (unpaired) electrons. The molecule has 2 aliphatic rings. The second kappa shape index (κ2) is 7.24. The minimum Gasteiger partial charge on any atom is -0.336 e. The average molecular weight is 389 g/mol. The number of nitrogens with one attached hydrogen (secondary N) is 1. The van der Waals surface area contributed by atoms with Gasteiger partial charge >= 0.3 is 0 Å². The topological polar surface area (TPSA) is 65.1 Å². The van der Waals surface area contributed by atoms with Gasteiger partial charge in [0.15, 0.2) is 0 Å². The van der Waals surface area contributed by atoms with Crippen LogP contribution in [0.1, 0.15) is 36.2 Å². The number of halogens is 2. The second-order valence-corrected chi connectivity index (χ2v) is 8.17. The summed E-state index contributed by atoms with van der Waals surface area (Å²) >= 11 is 0. The predicted octanol–water partition coefficient (Wildman–Crippen LogP) is 2.76. The van der Waals surface area contributed by atoms with E-state index in [2.05, 4.69) is 15.2 Å². The van der Waals surface area contributed by atoms with Crippen molar-refractivity contribution in [3.63, 3.8) is 0 Å². The Morgan fingerprint density at radius 3 is 2.86 bits per heavy atom. The first-order chi connectivity index (χ1) is 13.4. The smallest absolute Gasteiger partial charge is 0.261 e. The molecule has 4 rings (SSSR count). The number of aromatic nitrogens is 3. The summed E-state index contributed by atoms with van der Waals surface area (Å²) in [5.74, 6) is -3.05. The summed E-state index contributed by atoms with van der Waals surface area (Å²) < 4.78 is 29.3. The molecule has 1 amide bonds. The van der Waals surface area contributed by atoms with Crippen molar-refractivity contribution in [3.05, 3.63) is 47.5 Å². The van der Waals surface area contributed by atoms with Gasteiger partial charge in [-0.15, -0.1) is 0 Å². The van der Waals surface area contributed by atoms with Crippen LogP contribution in [-0.2, 0) is 17.9 Å². The van der Waals surface area contributed by atoms with Crippen LogP contribution in [0.2, 0.25) is 0 Å². The lowest BCUT2D eigenvalue weighted by Crippen LogP contribution is -2.60. The molecule has 1 spiro atoms. The Kier molecular flexibility index (Phi) is 4.91. The van der Waals surface area contributed by atoms with E-state index >= 15 is 0 Å². The minimum atomic E-state index is -2.89. The summed E-state index contributed by atoms with van der Waals surface area (Å²) in [7, 11) is 0. The molecule has 1 unspecified atom stereocenters. The van der Waals surface area contributed by atoms with Gasteiger partial charge in [0.25, 0.3) is 5.92 Å². The number of pyridine rings is 1. The van der Waals surface area contributed by atoms with Crippen LogP contribution in [0.15, 0.2) is 30.6 Å². The van der Waals surface area contributed by atoms with E-state index in [-0.39, 0.29) is 18.9 Å². The average Bonchev–Trinajstić information content (AvgIpc) is 3.11. The molecule has 2 aromatic rings. The number of piperidine rings is 2. The van der Waals surface area contributed by atoms with Crippen molar-refractivity contribution in [1.82, 2.24) is 25.0 Å². The normalized spacial score (nSPS) is 25.4. The summed E-state index contributed by atoms with van der Waals surface area (Å²) in [5, 5.41) is 6.60. The van der Waals surface area contributed by atoms with E-state index < -0.39 is 11.3 Å². The van der Waals surface area contributed by atoms with Crippen molar-refractivity contribution in [1.29, 1.82) is 0 Å². The van der Waals surface area contributed by atoms with Gasteiger partial charge in [-0.1, -0.05) is 6.07 Å². The maximum absolute atomic E-state index is 14.6. The summed E-state index contributed by atoms with van der Waals surface area (Å²) in [4.78, 5) is 21.2. The number of H-pyrrole nitrogens is 1. The van der Waals surface area contributed by atoms with Gasteiger partial charge in [0.05, 0.1) is 30.4 Å². The molecule has 4 heterocycles. The van der Waals surface area contributed by atoms with Crippen molar-refractivity contribution in [3.8, 4) is 0 Å². The summed E-state index contributed by atoms with van der Waals surface area (Å²) in [5.41, 5.74) is 1.49. The van der Waals surface area contributed by atoms with Crippen LogP contribution in [0.5, 0.6) is 0 Å². The zero-order valence-electron chi connectivity index (χ0n) is 16.0. The van der Waals surface area contributed by atoms with Gasteiger partial charge in [-0.2, -0.15) is 5.10 Å². The van der Waals surface area contributed by atoms with E-state index in [0.29, 0.717) is 32.6 Å². The second-order valence-electron chi connectivity index (χ2n) is 8.17. The number of aromatic amines is 1. The highest BCUT2D eigenvalue weighted by atomic mass is 19.3. The number of aryl methyl sites for hydroxylation is 1. The van der Waals surface area contributed by atoms with Gasteiger partial charge in [-0.3, -0.25) is 19.8 Å². The zero-order chi connectivity index (χ0) is 19.8. The summed E-state index contributed by atoms with van der Waals surface area (Å²) in [6.07, 6.45) is 4.20. The van der Waals surface area contributed by atoms with E-state index in [1.54, 1.807) is 22.2 Å². The van der Waals surface area contributed by atoms with Gasteiger partial charge < -0.3 is 4.90 Å². The Hall–Kier alpha value is -2.35. The van der Waals surface area contributed by atoms with Crippen molar-refractivity contribution in [2.75, 3.05) is 19.6 Å². The van der Waals surface area contributed by atoms with Crippen molar-refractivity contribution in [2.45, 2.75) is 45.2 Å². The number of rotatable bonds is 4. The van der Waals surface area contributed by atoms with Gasteiger partial charge in [-0.05, 0) is 31.9 Å². The molecule has 2 saturated heterocycles. The molecule has 2 aliphatic heterocycles. The first-order valence-corrected chi connectivity index (χ1v) is 9.65. The van der Waals surface area contributed by atoms with Crippen LogP contribution >= 0.6 is 0 Å². The summed E-state index contributed by atoms with van der Waals surface area (Å²) in [6.45, 7) is 3.25. The number of hydrogen-bond acceptors (Lipinski definition) is 4. The fourth-order valence-corrected chi connectivity index (χ4v) is 4.65. The Bertz CT molecular complexity index is 841. The van der Waals surface area contributed by atoms with E-state index in [0.717, 1.165) is 23.4 Å². The fraction of sp³-hybridized carbons (Fsp3) is 0.550. The fourth-order valence-electron chi connectivity index (χ4n) is 4.65. The highest BCUT2D eigenvalue weighted by Gasteiger charge is 2.55. The SMILES string of the molecule is Cc1cccc(CN2CCCC3(CN(Cc4cn[nH]c4)CC(F)(F)C3)C2=O)n1. The molecule has 28 heavy (non-hydrogen) atoms. The lowest BCUT2D eigenvalue weighted by molar-refractivity contribution is -0.170. The molecule has 1 N–H and O–H groups in total. The molecule has 6 nitrogen and oxygen atoms in total. The maximum atomic E-state index is 14.6. The maximum Gasteiger partial charge on any atom is 0.261 e. The number of hydrogen-bond donors (Lipinski definition) is 1. The van der Waals surface area contributed by atoms with Crippen LogP contribution < -0.4 is 0 Å². The van der Waals surface area contributed by atoms with Crippen LogP contribution in [0, 0.1) is 12.3 Å². The third-order valence-corrected chi connectivity index (χ3v) is 5.66. The molecule has 0 aromatic carbocycles. The third kappa shape index (κ3) is 3.92. The summed E-state index contributed by atoms with van der Waals surface area (Å²) in [6, 6.07) is 5.68. The van der Waals surface area contributed by atoms with E-state index in [9.17, 15) is 13.6 Å². The molecule has 150 valence electrons. The number of alkyl halides is 2. The number of carbonyl (C=O) groups is 1. The monoisotopic (exact) mass is 389 g/mol. The lowest BCUT2D eigenvalue weighted by Gasteiger charge is -2.49. The molecule has 1 atom stereocenters. The third-order valence-electron chi connectivity index (χ3n) is 5.66. The van der Waals surface area contributed by atoms with Crippen molar-refractivity contribution in [2.24, 2.45) is 5.41 Å². The molecule has 0 saturated carbocycles. The molecular formula is C20H25F2N5O. The largest absolute Gasteiger partial charge is 0.336 e. The first-order valence-electron chi connectivity index (χ1n) is 9.65. The zero-order valence-corrected chi connectivity index (χ0v) is 16.0. The molecular weight excluding hydrogens is 364 g/mol. The lowest BCUT2D eigenvalue weighted by atomic mass is 9.71. The number of nitrogens with zero attached hydrogens (tertiary/aromatic N) is 4.